The molecule has 0 aromatic carbocycles. The maximum Gasteiger partial charge on any atom is 0.123 e. The highest BCUT2D eigenvalue weighted by Crippen LogP contribution is 2.18. The van der Waals surface area contributed by atoms with E-state index in [9.17, 15) is 5.11 Å². The number of nitrogens with one attached hydrogen (secondary N) is 1. The van der Waals surface area contributed by atoms with Crippen molar-refractivity contribution < 1.29 is 5.11 Å². The Morgan fingerprint density at radius 1 is 1.44 bits per heavy atom. The zero-order chi connectivity index (χ0) is 12.8. The molecule has 100 valence electrons. The number of piperazine rings is 1. The lowest BCUT2D eigenvalue weighted by Gasteiger charge is -2.28. The summed E-state index contributed by atoms with van der Waals surface area (Å²) in [5.41, 5.74) is 5.52. The van der Waals surface area contributed by atoms with Crippen LogP contribution in [0.15, 0.2) is 23.2 Å². The fourth-order valence-electron chi connectivity index (χ4n) is 1.91. The second-order valence-corrected chi connectivity index (χ2v) is 5.53. The van der Waals surface area contributed by atoms with E-state index in [1.54, 1.807) is 24.0 Å². The quantitative estimate of drug-likeness (QED) is 0.654. The lowest BCUT2D eigenvalue weighted by molar-refractivity contribution is 0.121. The van der Waals surface area contributed by atoms with Gasteiger partial charge in [0.05, 0.1) is 6.10 Å². The van der Waals surface area contributed by atoms with Crippen molar-refractivity contribution in [3.05, 3.63) is 18.3 Å². The molecular weight excluding hydrogens is 248 g/mol. The van der Waals surface area contributed by atoms with E-state index in [0.717, 1.165) is 37.6 Å². The fourth-order valence-corrected chi connectivity index (χ4v) is 2.70. The Morgan fingerprint density at radius 3 is 2.89 bits per heavy atom. The van der Waals surface area contributed by atoms with Gasteiger partial charge in [-0.2, -0.15) is 0 Å². The minimum absolute atomic E-state index is 0.300. The maximum atomic E-state index is 9.99. The van der Waals surface area contributed by atoms with Gasteiger partial charge in [-0.3, -0.25) is 4.90 Å². The van der Waals surface area contributed by atoms with Gasteiger partial charge in [0.15, 0.2) is 0 Å². The first-order valence-corrected chi connectivity index (χ1v) is 7.18. The Hall–Kier alpha value is -0.820. The molecular formula is C12H20N4OS. The molecule has 0 saturated carbocycles. The van der Waals surface area contributed by atoms with Gasteiger partial charge in [-0.05, 0) is 12.1 Å². The summed E-state index contributed by atoms with van der Waals surface area (Å²) in [6.07, 6.45) is 1.45. The van der Waals surface area contributed by atoms with Gasteiger partial charge in [0.1, 0.15) is 5.82 Å². The van der Waals surface area contributed by atoms with Crippen LogP contribution in [0.25, 0.3) is 0 Å². The number of β-amino-alcohol motifs (C(OH)–C–C–N with tert-alkyl or cyclic N) is 1. The zero-order valence-electron chi connectivity index (χ0n) is 10.4. The first-order chi connectivity index (χ1) is 8.74. The standard InChI is InChI=1S/C12H20N4OS/c13-12-2-1-11(7-15-12)18-9-10(17)8-16-5-3-14-4-6-16/h1-2,7,10,14,17H,3-6,8-9H2,(H2,13,15). The number of hydrogen-bond acceptors (Lipinski definition) is 6. The summed E-state index contributed by atoms with van der Waals surface area (Å²) < 4.78 is 0. The predicted molar refractivity (Wildman–Crippen MR) is 74.7 cm³/mol. The lowest BCUT2D eigenvalue weighted by Crippen LogP contribution is -2.46. The molecule has 0 spiro atoms. The highest BCUT2D eigenvalue weighted by Gasteiger charge is 2.14. The van der Waals surface area contributed by atoms with Crippen molar-refractivity contribution in [3.63, 3.8) is 0 Å². The number of hydrogen-bond donors (Lipinski definition) is 3. The number of aliphatic hydroxyl groups excluding tert-OH is 1. The van der Waals surface area contributed by atoms with Crippen LogP contribution in [0.5, 0.6) is 0 Å². The number of nitrogen functional groups attached to an aromatic ring is 1. The van der Waals surface area contributed by atoms with Gasteiger partial charge in [0.2, 0.25) is 0 Å². The summed E-state index contributed by atoms with van der Waals surface area (Å²) in [4.78, 5) is 7.37. The van der Waals surface area contributed by atoms with Gasteiger partial charge in [-0.25, -0.2) is 4.98 Å². The fraction of sp³-hybridized carbons (Fsp3) is 0.583. The summed E-state index contributed by atoms with van der Waals surface area (Å²) in [5.74, 6) is 1.22. The van der Waals surface area contributed by atoms with E-state index in [-0.39, 0.29) is 6.10 Å². The van der Waals surface area contributed by atoms with Gasteiger partial charge in [0.25, 0.3) is 0 Å². The molecule has 0 aliphatic carbocycles. The van der Waals surface area contributed by atoms with Crippen LogP contribution in [0.2, 0.25) is 0 Å². The molecule has 0 amide bonds. The molecule has 6 heteroatoms. The molecule has 1 unspecified atom stereocenters. The van der Waals surface area contributed by atoms with Crippen molar-refractivity contribution in [2.24, 2.45) is 0 Å². The van der Waals surface area contributed by atoms with E-state index in [1.165, 1.54) is 0 Å². The highest BCUT2D eigenvalue weighted by molar-refractivity contribution is 7.99. The molecule has 1 aromatic heterocycles. The minimum atomic E-state index is -0.300. The van der Waals surface area contributed by atoms with Gasteiger partial charge in [-0.1, -0.05) is 0 Å². The third-order valence-electron chi connectivity index (χ3n) is 2.88. The third kappa shape index (κ3) is 4.45. The molecule has 5 nitrogen and oxygen atoms in total. The molecule has 1 atom stereocenters. The number of aromatic nitrogens is 1. The van der Waals surface area contributed by atoms with E-state index >= 15 is 0 Å². The molecule has 1 aliphatic heterocycles. The van der Waals surface area contributed by atoms with E-state index in [2.05, 4.69) is 15.2 Å². The van der Waals surface area contributed by atoms with E-state index in [0.29, 0.717) is 11.6 Å². The molecule has 2 heterocycles. The summed E-state index contributed by atoms with van der Waals surface area (Å²) in [6.45, 7) is 4.82. The summed E-state index contributed by atoms with van der Waals surface area (Å²) in [5, 5.41) is 13.3. The Bertz CT molecular complexity index is 354. The molecule has 0 bridgehead atoms. The van der Waals surface area contributed by atoms with Crippen LogP contribution in [0, 0.1) is 0 Å². The first-order valence-electron chi connectivity index (χ1n) is 6.19. The second kappa shape index (κ2) is 6.94. The van der Waals surface area contributed by atoms with Gasteiger partial charge < -0.3 is 16.2 Å². The Kier molecular flexibility index (Phi) is 5.25. The predicted octanol–water partition coefficient (Wildman–Crippen LogP) is 0.0220. The molecule has 1 aromatic rings. The second-order valence-electron chi connectivity index (χ2n) is 4.43. The maximum absolute atomic E-state index is 9.99. The number of anilines is 1. The van der Waals surface area contributed by atoms with Gasteiger partial charge in [0, 0.05) is 49.6 Å². The van der Waals surface area contributed by atoms with Crippen LogP contribution < -0.4 is 11.1 Å². The molecule has 18 heavy (non-hydrogen) atoms. The number of rotatable bonds is 5. The van der Waals surface area contributed by atoms with Crippen LogP contribution in [0.1, 0.15) is 0 Å². The van der Waals surface area contributed by atoms with Crippen molar-refractivity contribution in [2.45, 2.75) is 11.0 Å². The lowest BCUT2D eigenvalue weighted by atomic mass is 10.3. The highest BCUT2D eigenvalue weighted by atomic mass is 32.2. The summed E-state index contributed by atoms with van der Waals surface area (Å²) in [6, 6.07) is 3.72. The Labute approximate surface area is 112 Å². The van der Waals surface area contributed by atoms with Crippen molar-refractivity contribution in [1.82, 2.24) is 15.2 Å². The minimum Gasteiger partial charge on any atom is -0.391 e. The van der Waals surface area contributed by atoms with Crippen molar-refractivity contribution in [1.29, 1.82) is 0 Å². The van der Waals surface area contributed by atoms with Crippen LogP contribution in [0.3, 0.4) is 0 Å². The number of aliphatic hydroxyl groups is 1. The largest absolute Gasteiger partial charge is 0.391 e. The van der Waals surface area contributed by atoms with Crippen LogP contribution >= 0.6 is 11.8 Å². The number of pyridine rings is 1. The zero-order valence-corrected chi connectivity index (χ0v) is 11.2. The average Bonchev–Trinajstić information content (AvgIpc) is 2.39. The topological polar surface area (TPSA) is 74.4 Å². The van der Waals surface area contributed by atoms with Crippen molar-refractivity contribution >= 4 is 17.6 Å². The normalized spacial score (nSPS) is 18.7. The Morgan fingerprint density at radius 2 is 2.22 bits per heavy atom. The van der Waals surface area contributed by atoms with Crippen LogP contribution in [-0.2, 0) is 0 Å². The van der Waals surface area contributed by atoms with Crippen LogP contribution in [-0.4, -0.2) is 59.6 Å². The van der Waals surface area contributed by atoms with Crippen molar-refractivity contribution in [2.75, 3.05) is 44.2 Å². The van der Waals surface area contributed by atoms with E-state index in [1.807, 2.05) is 6.07 Å². The van der Waals surface area contributed by atoms with Gasteiger partial charge in [-0.15, -0.1) is 11.8 Å². The molecule has 0 radical (unpaired) electrons. The first kappa shape index (κ1) is 13.6. The number of nitrogens with two attached hydrogens (primary N) is 1. The molecule has 1 fully saturated rings. The monoisotopic (exact) mass is 268 g/mol. The molecule has 2 rings (SSSR count). The van der Waals surface area contributed by atoms with Gasteiger partial charge >= 0.3 is 0 Å². The smallest absolute Gasteiger partial charge is 0.123 e. The van der Waals surface area contributed by atoms with E-state index in [4.69, 9.17) is 5.73 Å². The van der Waals surface area contributed by atoms with Crippen molar-refractivity contribution in [3.8, 4) is 0 Å². The molecule has 1 aliphatic rings. The SMILES string of the molecule is Nc1ccc(SCC(O)CN2CCNCC2)cn1. The number of nitrogens with zero attached hydrogens (tertiary/aromatic N) is 2. The molecule has 1 saturated heterocycles. The van der Waals surface area contributed by atoms with E-state index < -0.39 is 0 Å². The molecule has 4 N–H and O–H groups in total. The van der Waals surface area contributed by atoms with Crippen LogP contribution in [0.4, 0.5) is 5.82 Å². The third-order valence-corrected chi connectivity index (χ3v) is 4.01. The Balaban J connectivity index is 1.70. The average molecular weight is 268 g/mol. The number of thioether (sulfide) groups is 1. The summed E-state index contributed by atoms with van der Waals surface area (Å²) in [7, 11) is 0. The summed E-state index contributed by atoms with van der Waals surface area (Å²) >= 11 is 1.62.